The molecule has 0 fully saturated rings. The zero-order valence-electron chi connectivity index (χ0n) is 35.0. The number of allylic oxidation sites excluding steroid dienone is 8. The fourth-order valence-electron chi connectivity index (χ4n) is 5.54. The lowest BCUT2D eigenvalue weighted by Gasteiger charge is -2.28. The minimum Gasteiger partial charge on any atom is -0.756 e. The number of esters is 1. The molecule has 1 unspecified atom stereocenters. The van der Waals surface area contributed by atoms with E-state index in [0.29, 0.717) is 24.1 Å². The summed E-state index contributed by atoms with van der Waals surface area (Å²) in [6, 6.07) is 0. The molecule has 0 saturated heterocycles. The second kappa shape index (κ2) is 37.4. The third-order valence-electron chi connectivity index (χ3n) is 8.88. The van der Waals surface area contributed by atoms with Crippen LogP contribution in [0.1, 0.15) is 168 Å². The molecule has 0 heterocycles. The first-order valence-electron chi connectivity index (χ1n) is 21.4. The van der Waals surface area contributed by atoms with Gasteiger partial charge < -0.3 is 27.9 Å². The summed E-state index contributed by atoms with van der Waals surface area (Å²) in [5.41, 5.74) is 0. The first-order valence-corrected chi connectivity index (χ1v) is 22.8. The highest BCUT2D eigenvalue weighted by molar-refractivity contribution is 7.45. The zero-order chi connectivity index (χ0) is 39.1. The summed E-state index contributed by atoms with van der Waals surface area (Å²) < 4.78 is 34.5. The maximum atomic E-state index is 12.6. The van der Waals surface area contributed by atoms with Gasteiger partial charge in [0.1, 0.15) is 19.3 Å². The van der Waals surface area contributed by atoms with E-state index >= 15 is 0 Å². The van der Waals surface area contributed by atoms with E-state index in [0.717, 1.165) is 38.5 Å². The normalized spacial score (nSPS) is 14.3. The Hall–Kier alpha value is -1.54. The molecule has 0 spiro atoms. The molecule has 0 aliphatic heterocycles. The topological polar surface area (TPSA) is 94.1 Å². The third kappa shape index (κ3) is 41.5. The summed E-state index contributed by atoms with van der Waals surface area (Å²) in [7, 11) is 1.32. The predicted molar refractivity (Wildman–Crippen MR) is 222 cm³/mol. The molecular formula is C44H82NO7P. The number of likely N-dealkylation sites (N-methyl/N-ethyl adjacent to an activating group) is 1. The number of phosphoric acid groups is 1. The van der Waals surface area contributed by atoms with E-state index < -0.39 is 13.9 Å². The lowest BCUT2D eigenvalue weighted by molar-refractivity contribution is -0.870. The van der Waals surface area contributed by atoms with E-state index in [1.165, 1.54) is 103 Å². The van der Waals surface area contributed by atoms with Gasteiger partial charge in [0, 0.05) is 13.0 Å². The number of carbonyl (C=O) groups excluding carboxylic acids is 1. The molecule has 0 aromatic carbocycles. The maximum absolute atomic E-state index is 12.6. The molecule has 0 aliphatic carbocycles. The van der Waals surface area contributed by atoms with Crippen LogP contribution < -0.4 is 4.89 Å². The number of carbonyl (C=O) groups is 1. The van der Waals surface area contributed by atoms with E-state index in [2.05, 4.69) is 62.5 Å². The van der Waals surface area contributed by atoms with Crippen LogP contribution in [0, 0.1) is 0 Å². The lowest BCUT2D eigenvalue weighted by atomic mass is 10.0. The molecule has 0 aliphatic rings. The molecule has 0 saturated carbocycles. The average Bonchev–Trinajstić information content (AvgIpc) is 3.11. The summed E-state index contributed by atoms with van der Waals surface area (Å²) in [4.78, 5) is 25.0. The van der Waals surface area contributed by atoms with Crippen LogP contribution >= 0.6 is 7.82 Å². The van der Waals surface area contributed by atoms with Gasteiger partial charge in [-0.05, 0) is 51.4 Å². The van der Waals surface area contributed by atoms with E-state index in [4.69, 9.17) is 18.5 Å². The van der Waals surface area contributed by atoms with Crippen molar-refractivity contribution < 1.29 is 37.3 Å². The summed E-state index contributed by atoms with van der Waals surface area (Å²) >= 11 is 0. The van der Waals surface area contributed by atoms with Gasteiger partial charge in [0.2, 0.25) is 0 Å². The molecule has 0 amide bonds. The summed E-state index contributed by atoms with van der Waals surface area (Å²) in [6.45, 7) is 5.31. The Morgan fingerprint density at radius 3 is 1.55 bits per heavy atom. The van der Waals surface area contributed by atoms with E-state index in [9.17, 15) is 14.3 Å². The number of unbranched alkanes of at least 4 members (excludes halogenated alkanes) is 17. The Bertz CT molecular complexity index is 989. The molecule has 0 radical (unpaired) electrons. The van der Waals surface area contributed by atoms with Gasteiger partial charge in [-0.15, -0.1) is 0 Å². The monoisotopic (exact) mass is 768 g/mol. The highest BCUT2D eigenvalue weighted by atomic mass is 31.2. The Morgan fingerprint density at radius 2 is 1.04 bits per heavy atom. The van der Waals surface area contributed by atoms with Crippen LogP contribution in [0.4, 0.5) is 0 Å². The smallest absolute Gasteiger partial charge is 0.306 e. The standard InChI is InChI=1S/C44H82NO7P/c1-6-8-10-12-14-16-18-20-22-23-24-25-27-29-31-33-35-37-44(46)52-43(42-51-53(47,48)50-40-38-45(3,4)5)41-49-39-36-34-32-30-28-26-21-19-17-15-13-11-9-7-2/h14,16,20,22,24-25,29,31,43H,6-13,15,17-19,21,23,26-28,30,32-42H2,1-5H3/b16-14-,22-20-,25-24-,31-29-/t43-/m1/s1. The molecule has 8 nitrogen and oxygen atoms in total. The maximum Gasteiger partial charge on any atom is 0.306 e. The number of quaternary nitrogens is 1. The zero-order valence-corrected chi connectivity index (χ0v) is 35.8. The molecule has 0 rings (SSSR count). The van der Waals surface area contributed by atoms with E-state index in [-0.39, 0.29) is 32.2 Å². The second-order valence-corrected chi connectivity index (χ2v) is 16.8. The van der Waals surface area contributed by atoms with Crippen LogP contribution in [-0.4, -0.2) is 70.7 Å². The van der Waals surface area contributed by atoms with Crippen LogP contribution in [0.15, 0.2) is 48.6 Å². The van der Waals surface area contributed by atoms with Gasteiger partial charge in [0.05, 0.1) is 34.4 Å². The van der Waals surface area contributed by atoms with E-state index in [1.807, 2.05) is 21.1 Å². The van der Waals surface area contributed by atoms with Crippen molar-refractivity contribution in [3.63, 3.8) is 0 Å². The summed E-state index contributed by atoms with van der Waals surface area (Å²) in [5, 5.41) is 0. The Morgan fingerprint density at radius 1 is 0.585 bits per heavy atom. The minimum absolute atomic E-state index is 0.0157. The van der Waals surface area contributed by atoms with Crippen molar-refractivity contribution in [1.29, 1.82) is 0 Å². The fraction of sp³-hybridized carbons (Fsp3) is 0.795. The van der Waals surface area contributed by atoms with Crippen molar-refractivity contribution in [3.8, 4) is 0 Å². The van der Waals surface area contributed by atoms with Gasteiger partial charge in [-0.1, -0.05) is 159 Å². The first kappa shape index (κ1) is 51.5. The van der Waals surface area contributed by atoms with Crippen LogP contribution in [0.25, 0.3) is 0 Å². The second-order valence-electron chi connectivity index (χ2n) is 15.4. The molecule has 0 aromatic heterocycles. The predicted octanol–water partition coefficient (Wildman–Crippen LogP) is 11.7. The van der Waals surface area contributed by atoms with Crippen LogP contribution in [0.5, 0.6) is 0 Å². The Balaban J connectivity index is 4.36. The number of ether oxygens (including phenoxy) is 2. The van der Waals surface area contributed by atoms with Crippen molar-refractivity contribution >= 4 is 13.8 Å². The van der Waals surface area contributed by atoms with Gasteiger partial charge in [-0.2, -0.15) is 0 Å². The lowest BCUT2D eigenvalue weighted by Crippen LogP contribution is -2.37. The molecule has 9 heteroatoms. The SMILES string of the molecule is CCCCC/C=C\C/C=C\C/C=C\C/C=C\CCCC(=O)O[C@H](COCCCCCCCCCCCCCCCC)COP(=O)([O-])OCC[N+](C)(C)C. The Kier molecular flexibility index (Phi) is 36.3. The Labute approximate surface area is 327 Å². The first-order chi connectivity index (χ1) is 25.6. The molecule has 2 atom stereocenters. The van der Waals surface area contributed by atoms with Crippen LogP contribution in [0.3, 0.4) is 0 Å². The number of hydrogen-bond acceptors (Lipinski definition) is 7. The number of rotatable bonds is 39. The van der Waals surface area contributed by atoms with Gasteiger partial charge in [-0.3, -0.25) is 9.36 Å². The van der Waals surface area contributed by atoms with Crippen LogP contribution in [-0.2, 0) is 27.9 Å². The van der Waals surface area contributed by atoms with Gasteiger partial charge in [0.15, 0.2) is 0 Å². The molecule has 0 bridgehead atoms. The van der Waals surface area contributed by atoms with E-state index in [1.54, 1.807) is 0 Å². The number of hydrogen-bond donors (Lipinski definition) is 0. The van der Waals surface area contributed by atoms with Crippen molar-refractivity contribution in [1.82, 2.24) is 0 Å². The van der Waals surface area contributed by atoms with Gasteiger partial charge in [-0.25, -0.2) is 0 Å². The largest absolute Gasteiger partial charge is 0.756 e. The highest BCUT2D eigenvalue weighted by Crippen LogP contribution is 2.38. The summed E-state index contributed by atoms with van der Waals surface area (Å²) in [5.74, 6) is -0.388. The van der Waals surface area contributed by atoms with Gasteiger partial charge in [0.25, 0.3) is 7.82 Å². The highest BCUT2D eigenvalue weighted by Gasteiger charge is 2.20. The average molecular weight is 768 g/mol. The molecule has 310 valence electrons. The van der Waals surface area contributed by atoms with Crippen molar-refractivity contribution in [2.24, 2.45) is 0 Å². The molecule has 0 N–H and O–H groups in total. The molecular weight excluding hydrogens is 685 g/mol. The van der Waals surface area contributed by atoms with Gasteiger partial charge >= 0.3 is 5.97 Å². The third-order valence-corrected chi connectivity index (χ3v) is 9.85. The van der Waals surface area contributed by atoms with Crippen LogP contribution in [0.2, 0.25) is 0 Å². The fourth-order valence-corrected chi connectivity index (χ4v) is 6.27. The van der Waals surface area contributed by atoms with Crippen molar-refractivity contribution in [3.05, 3.63) is 48.6 Å². The number of nitrogens with zero attached hydrogens (tertiary/aromatic N) is 1. The molecule has 0 aromatic rings. The number of phosphoric ester groups is 1. The van der Waals surface area contributed by atoms with Crippen molar-refractivity contribution in [2.45, 2.75) is 174 Å². The van der Waals surface area contributed by atoms with Crippen molar-refractivity contribution in [2.75, 3.05) is 54.1 Å². The summed E-state index contributed by atoms with van der Waals surface area (Å²) in [6.07, 6.45) is 44.1. The minimum atomic E-state index is -4.54. The quantitative estimate of drug-likeness (QED) is 0.0202. The molecule has 53 heavy (non-hydrogen) atoms.